The van der Waals surface area contributed by atoms with Gasteiger partial charge in [-0.05, 0) is 37.4 Å². The van der Waals surface area contributed by atoms with Gasteiger partial charge >= 0.3 is 0 Å². The summed E-state index contributed by atoms with van der Waals surface area (Å²) in [7, 11) is 0. The van der Waals surface area contributed by atoms with Gasteiger partial charge < -0.3 is 9.73 Å². The van der Waals surface area contributed by atoms with Crippen LogP contribution < -0.4 is 10.7 Å². The van der Waals surface area contributed by atoms with E-state index in [1.54, 1.807) is 36.5 Å². The van der Waals surface area contributed by atoms with Gasteiger partial charge in [-0.2, -0.15) is 0 Å². The molecule has 0 saturated carbocycles. The maximum Gasteiger partial charge on any atom is 0.255 e. The number of rotatable bonds is 4. The van der Waals surface area contributed by atoms with Gasteiger partial charge in [-0.3, -0.25) is 9.59 Å². The Kier molecular flexibility index (Phi) is 4.84. The van der Waals surface area contributed by atoms with Crippen molar-refractivity contribution < 1.29 is 9.21 Å². The molecule has 0 unspecified atom stereocenters. The molecule has 0 bridgehead atoms. The van der Waals surface area contributed by atoms with Crippen LogP contribution in [-0.2, 0) is 0 Å². The normalized spacial score (nSPS) is 12.1. The molecule has 2 heterocycles. The van der Waals surface area contributed by atoms with Gasteiger partial charge in [0, 0.05) is 16.0 Å². The number of hydrogen-bond acceptors (Lipinski definition) is 4. The van der Waals surface area contributed by atoms with Crippen LogP contribution in [-0.4, -0.2) is 5.91 Å². The molecule has 0 aliphatic rings. The number of nitrogens with one attached hydrogen (secondary N) is 1. The van der Waals surface area contributed by atoms with Crippen molar-refractivity contribution in [1.82, 2.24) is 5.32 Å². The fraction of sp³-hybridized carbons (Fsp3) is 0.130. The second-order valence-corrected chi connectivity index (χ2v) is 7.62. The van der Waals surface area contributed by atoms with E-state index in [9.17, 15) is 9.59 Å². The molecule has 140 valence electrons. The van der Waals surface area contributed by atoms with Gasteiger partial charge in [0.1, 0.15) is 5.76 Å². The molecule has 1 N–H and O–H groups in total. The molecule has 4 aromatic rings. The third kappa shape index (κ3) is 3.25. The lowest BCUT2D eigenvalue weighted by molar-refractivity contribution is 0.0941. The van der Waals surface area contributed by atoms with E-state index in [0.29, 0.717) is 27.9 Å². The van der Waals surface area contributed by atoms with Crippen molar-refractivity contribution in [3.05, 3.63) is 92.3 Å². The quantitative estimate of drug-likeness (QED) is 0.514. The van der Waals surface area contributed by atoms with E-state index in [-0.39, 0.29) is 17.4 Å². The summed E-state index contributed by atoms with van der Waals surface area (Å²) in [6.07, 6.45) is 0. The molecule has 4 nitrogen and oxygen atoms in total. The Bertz CT molecular complexity index is 1190. The summed E-state index contributed by atoms with van der Waals surface area (Å²) in [5, 5.41) is 5.38. The predicted molar refractivity (Wildman–Crippen MR) is 113 cm³/mol. The number of thiophene rings is 1. The summed E-state index contributed by atoms with van der Waals surface area (Å²) in [6.45, 7) is 3.68. The highest BCUT2D eigenvalue weighted by atomic mass is 32.1. The first-order valence-electron chi connectivity index (χ1n) is 9.02. The SMILES string of the molecule is Cc1c(-c2ccccc2)oc2c(C(=O)N[C@@H](C)c3cccs3)cccc2c1=O. The van der Waals surface area contributed by atoms with Gasteiger partial charge in [0.25, 0.3) is 5.91 Å². The maximum absolute atomic E-state index is 12.9. The fourth-order valence-electron chi connectivity index (χ4n) is 3.24. The number of fused-ring (bicyclic) bond motifs is 1. The Morgan fingerprint density at radius 3 is 2.54 bits per heavy atom. The Morgan fingerprint density at radius 2 is 1.82 bits per heavy atom. The van der Waals surface area contributed by atoms with Crippen molar-refractivity contribution in [3.8, 4) is 11.3 Å². The molecule has 4 rings (SSSR count). The Labute approximate surface area is 166 Å². The highest BCUT2D eigenvalue weighted by molar-refractivity contribution is 7.10. The Morgan fingerprint density at radius 1 is 1.04 bits per heavy atom. The van der Waals surface area contributed by atoms with Gasteiger partial charge in [0.05, 0.1) is 17.0 Å². The molecule has 1 amide bonds. The predicted octanol–water partition coefficient (Wildman–Crippen LogP) is 5.32. The minimum atomic E-state index is -0.266. The zero-order valence-corrected chi connectivity index (χ0v) is 16.4. The minimum absolute atomic E-state index is 0.124. The monoisotopic (exact) mass is 389 g/mol. The summed E-state index contributed by atoms with van der Waals surface area (Å²) in [5.74, 6) is 0.224. The number of hydrogen-bond donors (Lipinski definition) is 1. The van der Waals surface area contributed by atoms with E-state index in [0.717, 1.165) is 10.4 Å². The number of benzene rings is 2. The standard InChI is InChI=1S/C23H19NO3S/c1-14-20(25)17-10-6-11-18(23(26)24-15(2)19-12-7-13-28-19)22(17)27-21(14)16-8-4-3-5-9-16/h3-13,15H,1-2H3,(H,24,26)/t15-/m0/s1. The topological polar surface area (TPSA) is 59.3 Å². The van der Waals surface area contributed by atoms with Gasteiger partial charge in [-0.15, -0.1) is 11.3 Å². The lowest BCUT2D eigenvalue weighted by Crippen LogP contribution is -2.26. The summed E-state index contributed by atoms with van der Waals surface area (Å²) >= 11 is 1.59. The summed E-state index contributed by atoms with van der Waals surface area (Å²) in [4.78, 5) is 26.9. The van der Waals surface area contributed by atoms with E-state index in [1.807, 2.05) is 54.8 Å². The van der Waals surface area contributed by atoms with E-state index in [4.69, 9.17) is 4.42 Å². The zero-order chi connectivity index (χ0) is 19.7. The fourth-order valence-corrected chi connectivity index (χ4v) is 3.97. The van der Waals surface area contributed by atoms with Crippen LogP contribution in [0.4, 0.5) is 0 Å². The van der Waals surface area contributed by atoms with Crippen LogP contribution in [0.3, 0.4) is 0 Å². The molecule has 0 radical (unpaired) electrons. The molecular weight excluding hydrogens is 370 g/mol. The van der Waals surface area contributed by atoms with Crippen LogP contribution in [0.5, 0.6) is 0 Å². The van der Waals surface area contributed by atoms with Crippen molar-refractivity contribution in [2.45, 2.75) is 19.9 Å². The maximum atomic E-state index is 12.9. The first kappa shape index (κ1) is 18.2. The molecule has 1 atom stereocenters. The van der Waals surface area contributed by atoms with E-state index >= 15 is 0 Å². The molecule has 0 fully saturated rings. The smallest absolute Gasteiger partial charge is 0.255 e. The molecule has 0 aliphatic carbocycles. The third-order valence-corrected chi connectivity index (χ3v) is 5.80. The molecule has 5 heteroatoms. The van der Waals surface area contributed by atoms with Crippen molar-refractivity contribution in [3.63, 3.8) is 0 Å². The molecule has 28 heavy (non-hydrogen) atoms. The van der Waals surface area contributed by atoms with Crippen LogP contribution in [0.2, 0.25) is 0 Å². The molecule has 0 spiro atoms. The Balaban J connectivity index is 1.82. The van der Waals surface area contributed by atoms with Crippen LogP contribution in [0.15, 0.2) is 75.3 Å². The minimum Gasteiger partial charge on any atom is -0.455 e. The number of carbonyl (C=O) groups is 1. The second kappa shape index (κ2) is 7.44. The number of carbonyl (C=O) groups excluding carboxylic acids is 1. The first-order chi connectivity index (χ1) is 13.6. The average molecular weight is 389 g/mol. The van der Waals surface area contributed by atoms with Crippen molar-refractivity contribution in [2.75, 3.05) is 0 Å². The lowest BCUT2D eigenvalue weighted by Gasteiger charge is -2.14. The van der Waals surface area contributed by atoms with Gasteiger partial charge in [0.2, 0.25) is 0 Å². The van der Waals surface area contributed by atoms with Gasteiger partial charge in [-0.25, -0.2) is 0 Å². The van der Waals surface area contributed by atoms with Crippen LogP contribution in [0.1, 0.15) is 33.8 Å². The first-order valence-corrected chi connectivity index (χ1v) is 9.90. The van der Waals surface area contributed by atoms with E-state index in [2.05, 4.69) is 5.32 Å². The van der Waals surface area contributed by atoms with E-state index in [1.165, 1.54) is 0 Å². The summed E-state index contributed by atoms with van der Waals surface area (Å²) < 4.78 is 6.13. The largest absolute Gasteiger partial charge is 0.455 e. The Hall–Kier alpha value is -3.18. The molecule has 2 aromatic heterocycles. The van der Waals surface area contributed by atoms with Crippen LogP contribution in [0, 0.1) is 6.92 Å². The molecule has 2 aromatic carbocycles. The number of amides is 1. The summed E-state index contributed by atoms with van der Waals surface area (Å²) in [5.41, 5.74) is 1.88. The zero-order valence-electron chi connectivity index (χ0n) is 15.6. The third-order valence-electron chi connectivity index (χ3n) is 4.74. The van der Waals surface area contributed by atoms with Crippen molar-refractivity contribution >= 4 is 28.2 Å². The lowest BCUT2D eigenvalue weighted by atomic mass is 10.0. The number of para-hydroxylation sites is 1. The average Bonchev–Trinajstić information content (AvgIpc) is 3.26. The van der Waals surface area contributed by atoms with Gasteiger partial charge in [-0.1, -0.05) is 42.5 Å². The molecular formula is C23H19NO3S. The van der Waals surface area contributed by atoms with Crippen molar-refractivity contribution in [1.29, 1.82) is 0 Å². The van der Waals surface area contributed by atoms with Gasteiger partial charge in [0.15, 0.2) is 11.0 Å². The van der Waals surface area contributed by atoms with Crippen LogP contribution >= 0.6 is 11.3 Å². The van der Waals surface area contributed by atoms with Crippen molar-refractivity contribution in [2.24, 2.45) is 0 Å². The van der Waals surface area contributed by atoms with E-state index < -0.39 is 0 Å². The molecule has 0 saturated heterocycles. The highest BCUT2D eigenvalue weighted by Gasteiger charge is 2.20. The highest BCUT2D eigenvalue weighted by Crippen LogP contribution is 2.28. The van der Waals surface area contributed by atoms with Crippen LogP contribution in [0.25, 0.3) is 22.3 Å². The second-order valence-electron chi connectivity index (χ2n) is 6.64. The summed E-state index contributed by atoms with van der Waals surface area (Å²) in [6, 6.07) is 18.4. The molecule has 0 aliphatic heterocycles.